The Morgan fingerprint density at radius 2 is 1.79 bits per heavy atom. The quantitative estimate of drug-likeness (QED) is 0.547. The average Bonchev–Trinajstić information content (AvgIpc) is 3.05. The maximum atomic E-state index is 12.2. The lowest BCUT2D eigenvalue weighted by Crippen LogP contribution is -2.13. The highest BCUT2D eigenvalue weighted by molar-refractivity contribution is 6.36. The summed E-state index contributed by atoms with van der Waals surface area (Å²) in [6, 6.07) is 11.4. The molecule has 1 aromatic heterocycles. The minimum Gasteiger partial charge on any atom is -0.493 e. The Bertz CT molecular complexity index is 957. The van der Waals surface area contributed by atoms with Crippen LogP contribution in [0.1, 0.15) is 12.1 Å². The van der Waals surface area contributed by atoms with E-state index in [1.54, 1.807) is 47.0 Å². The van der Waals surface area contributed by atoms with Crippen LogP contribution in [0.25, 0.3) is 17.1 Å². The van der Waals surface area contributed by atoms with Gasteiger partial charge in [-0.3, -0.25) is 4.57 Å². The number of imidazole rings is 1. The van der Waals surface area contributed by atoms with Crippen molar-refractivity contribution in [2.75, 3.05) is 6.61 Å². The number of hydrogen-bond acceptors (Lipinski definition) is 3. The maximum Gasteiger partial charge on any atom is 0.392 e. The summed E-state index contributed by atoms with van der Waals surface area (Å²) in [5.74, 6) is 0.807. The third kappa shape index (κ3) is 4.79. The van der Waals surface area contributed by atoms with E-state index in [1.165, 1.54) is 6.20 Å². The second-order valence-corrected chi connectivity index (χ2v) is 6.74. The molecule has 0 atom stereocenters. The van der Waals surface area contributed by atoms with Gasteiger partial charge in [-0.15, -0.1) is 0 Å². The van der Waals surface area contributed by atoms with Crippen molar-refractivity contribution >= 4 is 23.2 Å². The molecule has 0 aliphatic rings. The molecule has 2 aromatic carbocycles. The van der Waals surface area contributed by atoms with E-state index in [4.69, 9.17) is 27.9 Å². The highest BCUT2D eigenvalue weighted by Gasteiger charge is 2.26. The van der Waals surface area contributed by atoms with Gasteiger partial charge < -0.3 is 9.84 Å². The van der Waals surface area contributed by atoms with Crippen LogP contribution in [-0.4, -0.2) is 27.4 Å². The van der Waals surface area contributed by atoms with Gasteiger partial charge in [0.1, 0.15) is 11.6 Å². The zero-order valence-electron chi connectivity index (χ0n) is 14.4. The molecule has 0 spiro atoms. The molecule has 0 amide bonds. The van der Waals surface area contributed by atoms with Crippen molar-refractivity contribution in [1.29, 1.82) is 0 Å². The zero-order chi connectivity index (χ0) is 20.3. The molecule has 3 aromatic rings. The minimum atomic E-state index is -4.26. The van der Waals surface area contributed by atoms with E-state index >= 15 is 0 Å². The summed E-state index contributed by atoms with van der Waals surface area (Å²) < 4.78 is 43.5. The predicted octanol–water partition coefficient (Wildman–Crippen LogP) is 5.67. The van der Waals surface area contributed by atoms with Crippen molar-refractivity contribution in [3.05, 3.63) is 64.4 Å². The highest BCUT2D eigenvalue weighted by Crippen LogP contribution is 2.32. The van der Waals surface area contributed by atoms with Crippen LogP contribution in [0.15, 0.2) is 48.7 Å². The lowest BCUT2D eigenvalue weighted by molar-refractivity contribution is -0.139. The number of aromatic nitrogens is 2. The fourth-order valence-electron chi connectivity index (χ4n) is 2.62. The Balaban J connectivity index is 1.90. The SMILES string of the molecule is OCc1cnc(-c2ccc(Cl)cc2Cl)n1-c1ccc(OCCC(F)(F)F)cc1. The normalized spacial score (nSPS) is 11.6. The number of nitrogens with zero attached hydrogens (tertiary/aromatic N) is 2. The zero-order valence-corrected chi connectivity index (χ0v) is 15.9. The van der Waals surface area contributed by atoms with Crippen molar-refractivity contribution in [3.63, 3.8) is 0 Å². The molecular weight excluding hydrogens is 416 g/mol. The number of hydrogen-bond donors (Lipinski definition) is 1. The number of halogens is 5. The van der Waals surface area contributed by atoms with E-state index in [0.29, 0.717) is 38.6 Å². The molecular formula is C19H15Cl2F3N2O2. The summed E-state index contributed by atoms with van der Waals surface area (Å²) in [5, 5.41) is 10.5. The van der Waals surface area contributed by atoms with Crippen LogP contribution in [0.3, 0.4) is 0 Å². The van der Waals surface area contributed by atoms with Gasteiger partial charge in [0.15, 0.2) is 0 Å². The van der Waals surface area contributed by atoms with E-state index in [0.717, 1.165) is 0 Å². The molecule has 0 saturated heterocycles. The van der Waals surface area contributed by atoms with Gasteiger partial charge in [-0.1, -0.05) is 23.2 Å². The van der Waals surface area contributed by atoms with Crippen LogP contribution in [0.5, 0.6) is 5.75 Å². The van der Waals surface area contributed by atoms with Crippen LogP contribution < -0.4 is 4.74 Å². The van der Waals surface area contributed by atoms with E-state index in [9.17, 15) is 18.3 Å². The van der Waals surface area contributed by atoms with E-state index in [2.05, 4.69) is 4.98 Å². The molecule has 1 heterocycles. The predicted molar refractivity (Wildman–Crippen MR) is 101 cm³/mol. The Labute approximate surface area is 169 Å². The van der Waals surface area contributed by atoms with Crippen molar-refractivity contribution in [2.45, 2.75) is 19.2 Å². The number of rotatable bonds is 6. The lowest BCUT2D eigenvalue weighted by Gasteiger charge is -2.14. The Kier molecular flexibility index (Phi) is 6.17. The first-order valence-corrected chi connectivity index (χ1v) is 8.97. The van der Waals surface area contributed by atoms with E-state index in [1.807, 2.05) is 0 Å². The molecule has 0 bridgehead atoms. The third-order valence-electron chi connectivity index (χ3n) is 3.92. The molecule has 4 nitrogen and oxygen atoms in total. The number of alkyl halides is 3. The second-order valence-electron chi connectivity index (χ2n) is 5.90. The topological polar surface area (TPSA) is 47.3 Å². The van der Waals surface area contributed by atoms with Crippen LogP contribution in [0.4, 0.5) is 13.2 Å². The number of benzene rings is 2. The number of aliphatic hydroxyl groups excluding tert-OH is 1. The van der Waals surface area contributed by atoms with Gasteiger partial charge in [0.05, 0.1) is 36.5 Å². The van der Waals surface area contributed by atoms with Crippen molar-refractivity contribution in [2.24, 2.45) is 0 Å². The van der Waals surface area contributed by atoms with Gasteiger partial charge in [-0.05, 0) is 42.5 Å². The monoisotopic (exact) mass is 430 g/mol. The van der Waals surface area contributed by atoms with Gasteiger partial charge in [-0.25, -0.2) is 4.98 Å². The van der Waals surface area contributed by atoms with Crippen molar-refractivity contribution in [3.8, 4) is 22.8 Å². The van der Waals surface area contributed by atoms with Gasteiger partial charge >= 0.3 is 6.18 Å². The summed E-state index contributed by atoms with van der Waals surface area (Å²) in [6.45, 7) is -0.719. The molecule has 3 rings (SSSR count). The fourth-order valence-corrected chi connectivity index (χ4v) is 3.12. The van der Waals surface area contributed by atoms with Crippen LogP contribution in [0, 0.1) is 0 Å². The lowest BCUT2D eigenvalue weighted by atomic mass is 10.2. The van der Waals surface area contributed by atoms with Crippen LogP contribution >= 0.6 is 23.2 Å². The summed E-state index contributed by atoms with van der Waals surface area (Å²) in [5.41, 5.74) is 1.79. The molecule has 148 valence electrons. The van der Waals surface area contributed by atoms with Gasteiger partial charge in [0.2, 0.25) is 0 Å². The first kappa shape index (κ1) is 20.5. The Morgan fingerprint density at radius 3 is 2.39 bits per heavy atom. The number of ether oxygens (including phenoxy) is 1. The Morgan fingerprint density at radius 1 is 1.07 bits per heavy atom. The summed E-state index contributed by atoms with van der Waals surface area (Å²) in [7, 11) is 0. The fraction of sp³-hybridized carbons (Fsp3) is 0.211. The molecule has 0 aliphatic carbocycles. The maximum absolute atomic E-state index is 12.2. The van der Waals surface area contributed by atoms with Gasteiger partial charge in [-0.2, -0.15) is 13.2 Å². The molecule has 0 fully saturated rings. The highest BCUT2D eigenvalue weighted by atomic mass is 35.5. The van der Waals surface area contributed by atoms with E-state index in [-0.39, 0.29) is 6.61 Å². The van der Waals surface area contributed by atoms with Crippen LogP contribution in [0.2, 0.25) is 10.0 Å². The average molecular weight is 431 g/mol. The third-order valence-corrected chi connectivity index (χ3v) is 4.47. The van der Waals surface area contributed by atoms with Crippen LogP contribution in [-0.2, 0) is 6.61 Å². The molecule has 0 radical (unpaired) electrons. The standard InChI is InChI=1S/C19H15Cl2F3N2O2/c20-12-1-6-16(17(21)9-12)18-25-10-14(11-27)26(18)13-2-4-15(5-3-13)28-8-7-19(22,23)24/h1-6,9-10,27H,7-8,11H2. The summed E-state index contributed by atoms with van der Waals surface area (Å²) >= 11 is 12.2. The molecule has 9 heteroatoms. The minimum absolute atomic E-state index is 0.262. The molecule has 0 unspecified atom stereocenters. The van der Waals surface area contributed by atoms with Crippen molar-refractivity contribution < 1.29 is 23.0 Å². The van der Waals surface area contributed by atoms with Gasteiger partial charge in [0, 0.05) is 16.3 Å². The Hall–Kier alpha value is -2.22. The summed E-state index contributed by atoms with van der Waals surface area (Å²) in [6.07, 6.45) is -3.77. The van der Waals surface area contributed by atoms with E-state index < -0.39 is 19.2 Å². The van der Waals surface area contributed by atoms with Gasteiger partial charge in [0.25, 0.3) is 0 Å². The molecule has 1 N–H and O–H groups in total. The first-order valence-electron chi connectivity index (χ1n) is 8.21. The summed E-state index contributed by atoms with van der Waals surface area (Å²) in [4.78, 5) is 4.34. The smallest absolute Gasteiger partial charge is 0.392 e. The molecule has 0 saturated carbocycles. The van der Waals surface area contributed by atoms with Crippen molar-refractivity contribution in [1.82, 2.24) is 9.55 Å². The first-order chi connectivity index (χ1) is 13.3. The molecule has 28 heavy (non-hydrogen) atoms. The molecule has 0 aliphatic heterocycles. The largest absolute Gasteiger partial charge is 0.493 e. The second kappa shape index (κ2) is 8.43. The number of aliphatic hydroxyl groups is 1.